The molecule has 90 valence electrons. The first-order chi connectivity index (χ1) is 8.61. The average Bonchev–Trinajstić information content (AvgIpc) is 2.84. The van der Waals surface area contributed by atoms with E-state index in [1.54, 1.807) is 43.4 Å². The summed E-state index contributed by atoms with van der Waals surface area (Å²) in [7, 11) is 1.65. The van der Waals surface area contributed by atoms with E-state index in [0.717, 1.165) is 0 Å². The van der Waals surface area contributed by atoms with Gasteiger partial charge in [-0.3, -0.25) is 4.79 Å². The lowest BCUT2D eigenvalue weighted by molar-refractivity contribution is 0.0965. The van der Waals surface area contributed by atoms with Crippen LogP contribution in [0.25, 0.3) is 0 Å². The summed E-state index contributed by atoms with van der Waals surface area (Å²) in [5.74, 6) is 0.0131. The van der Waals surface area contributed by atoms with Crippen LogP contribution in [0, 0.1) is 11.3 Å². The Kier molecular flexibility index (Phi) is 3.49. The maximum Gasteiger partial charge on any atom is 0.293 e. The third-order valence-corrected chi connectivity index (χ3v) is 2.90. The Morgan fingerprint density at radius 3 is 2.44 bits per heavy atom. The first kappa shape index (κ1) is 12.4. The van der Waals surface area contributed by atoms with Crippen LogP contribution in [0.4, 0.5) is 5.69 Å². The monoisotopic (exact) mass is 304 g/mol. The highest BCUT2D eigenvalue weighted by molar-refractivity contribution is 9.10. The molecule has 5 heteroatoms. The summed E-state index contributed by atoms with van der Waals surface area (Å²) in [5, 5.41) is 8.71. The third-order valence-electron chi connectivity index (χ3n) is 2.47. The van der Waals surface area contributed by atoms with Crippen LogP contribution in [0.15, 0.2) is 45.5 Å². The minimum Gasteiger partial charge on any atom is -0.444 e. The standard InChI is InChI=1S/C13H9BrN2O2/c1-16(10-4-2-9(8-15)3-5-10)13(17)11-6-7-12(14)18-11/h2-7H,1H3. The number of nitriles is 1. The molecule has 2 rings (SSSR count). The predicted octanol–water partition coefficient (Wildman–Crippen LogP) is 3.19. The molecule has 18 heavy (non-hydrogen) atoms. The minimum atomic E-state index is -0.245. The highest BCUT2D eigenvalue weighted by atomic mass is 79.9. The van der Waals surface area contributed by atoms with Gasteiger partial charge in [-0.05, 0) is 52.3 Å². The van der Waals surface area contributed by atoms with Gasteiger partial charge < -0.3 is 9.32 Å². The highest BCUT2D eigenvalue weighted by Gasteiger charge is 2.16. The lowest BCUT2D eigenvalue weighted by Gasteiger charge is -2.15. The first-order valence-electron chi connectivity index (χ1n) is 5.15. The molecule has 0 atom stereocenters. The second-order valence-corrected chi connectivity index (χ2v) is 4.41. The van der Waals surface area contributed by atoms with Crippen molar-refractivity contribution in [2.75, 3.05) is 11.9 Å². The quantitative estimate of drug-likeness (QED) is 0.856. The Labute approximate surface area is 113 Å². The predicted molar refractivity (Wildman–Crippen MR) is 70.3 cm³/mol. The number of furan rings is 1. The summed E-state index contributed by atoms with van der Waals surface area (Å²) < 4.78 is 5.72. The van der Waals surface area contributed by atoms with Crippen LogP contribution in [-0.4, -0.2) is 13.0 Å². The van der Waals surface area contributed by atoms with Gasteiger partial charge in [0.2, 0.25) is 0 Å². The number of carbonyl (C=O) groups is 1. The topological polar surface area (TPSA) is 57.2 Å². The number of hydrogen-bond donors (Lipinski definition) is 0. The molecule has 0 radical (unpaired) electrons. The maximum absolute atomic E-state index is 12.1. The van der Waals surface area contributed by atoms with Gasteiger partial charge in [-0.1, -0.05) is 0 Å². The Hall–Kier alpha value is -2.06. The molecular weight excluding hydrogens is 296 g/mol. The molecule has 0 bridgehead atoms. The van der Waals surface area contributed by atoms with Crippen LogP contribution in [-0.2, 0) is 0 Å². The van der Waals surface area contributed by atoms with E-state index in [0.29, 0.717) is 15.9 Å². The summed E-state index contributed by atoms with van der Waals surface area (Å²) in [6.07, 6.45) is 0. The van der Waals surface area contributed by atoms with E-state index in [1.807, 2.05) is 6.07 Å². The minimum absolute atomic E-state index is 0.245. The lowest BCUT2D eigenvalue weighted by atomic mass is 10.2. The van der Waals surface area contributed by atoms with E-state index in [-0.39, 0.29) is 11.7 Å². The fourth-order valence-electron chi connectivity index (χ4n) is 1.47. The van der Waals surface area contributed by atoms with Crippen molar-refractivity contribution in [1.29, 1.82) is 5.26 Å². The summed E-state index contributed by atoms with van der Waals surface area (Å²) in [6, 6.07) is 12.1. The molecule has 0 saturated carbocycles. The van der Waals surface area contributed by atoms with Crippen molar-refractivity contribution in [3.8, 4) is 6.07 Å². The van der Waals surface area contributed by atoms with Crippen LogP contribution >= 0.6 is 15.9 Å². The SMILES string of the molecule is CN(C(=O)c1ccc(Br)o1)c1ccc(C#N)cc1. The highest BCUT2D eigenvalue weighted by Crippen LogP contribution is 2.19. The molecule has 1 aromatic carbocycles. The summed E-state index contributed by atoms with van der Waals surface area (Å²) >= 11 is 3.15. The zero-order valence-electron chi connectivity index (χ0n) is 9.55. The van der Waals surface area contributed by atoms with Crippen molar-refractivity contribution >= 4 is 27.5 Å². The van der Waals surface area contributed by atoms with Crippen molar-refractivity contribution in [2.45, 2.75) is 0 Å². The van der Waals surface area contributed by atoms with Crippen LogP contribution < -0.4 is 4.90 Å². The fourth-order valence-corrected chi connectivity index (χ4v) is 1.78. The number of hydrogen-bond acceptors (Lipinski definition) is 3. The fraction of sp³-hybridized carbons (Fsp3) is 0.0769. The van der Waals surface area contributed by atoms with E-state index in [4.69, 9.17) is 9.68 Å². The summed E-state index contributed by atoms with van der Waals surface area (Å²) in [6.45, 7) is 0. The maximum atomic E-state index is 12.1. The molecule has 0 aliphatic heterocycles. The number of nitrogens with zero attached hydrogens (tertiary/aromatic N) is 2. The normalized spacial score (nSPS) is 9.83. The second kappa shape index (κ2) is 5.07. The van der Waals surface area contributed by atoms with E-state index >= 15 is 0 Å². The average molecular weight is 305 g/mol. The molecule has 1 heterocycles. The number of halogens is 1. The largest absolute Gasteiger partial charge is 0.444 e. The van der Waals surface area contributed by atoms with Crippen molar-refractivity contribution in [3.05, 3.63) is 52.4 Å². The number of carbonyl (C=O) groups excluding carboxylic acids is 1. The summed E-state index contributed by atoms with van der Waals surface area (Å²) in [4.78, 5) is 13.5. The van der Waals surface area contributed by atoms with Crippen molar-refractivity contribution < 1.29 is 9.21 Å². The Bertz CT molecular complexity index is 611. The van der Waals surface area contributed by atoms with Gasteiger partial charge in [0.1, 0.15) is 0 Å². The zero-order chi connectivity index (χ0) is 13.1. The first-order valence-corrected chi connectivity index (χ1v) is 5.94. The molecule has 0 spiro atoms. The second-order valence-electron chi connectivity index (χ2n) is 3.63. The van der Waals surface area contributed by atoms with Crippen LogP contribution in [0.5, 0.6) is 0 Å². The van der Waals surface area contributed by atoms with Crippen LogP contribution in [0.3, 0.4) is 0 Å². The number of amides is 1. The molecule has 2 aromatic rings. The molecular formula is C13H9BrN2O2. The zero-order valence-corrected chi connectivity index (χ0v) is 11.1. The number of rotatable bonds is 2. The van der Waals surface area contributed by atoms with Crippen molar-refractivity contribution in [3.63, 3.8) is 0 Å². The van der Waals surface area contributed by atoms with E-state index in [2.05, 4.69) is 15.9 Å². The van der Waals surface area contributed by atoms with Gasteiger partial charge in [-0.15, -0.1) is 0 Å². The van der Waals surface area contributed by atoms with Crippen molar-refractivity contribution in [1.82, 2.24) is 0 Å². The van der Waals surface area contributed by atoms with Crippen molar-refractivity contribution in [2.24, 2.45) is 0 Å². The van der Waals surface area contributed by atoms with E-state index < -0.39 is 0 Å². The van der Waals surface area contributed by atoms with Gasteiger partial charge in [0.15, 0.2) is 10.4 Å². The smallest absolute Gasteiger partial charge is 0.293 e. The Morgan fingerprint density at radius 1 is 1.28 bits per heavy atom. The van der Waals surface area contributed by atoms with Crippen LogP contribution in [0.1, 0.15) is 16.1 Å². The molecule has 0 fully saturated rings. The summed E-state index contributed by atoms with van der Waals surface area (Å²) in [5.41, 5.74) is 1.26. The number of anilines is 1. The van der Waals surface area contributed by atoms with Gasteiger partial charge in [0.05, 0.1) is 11.6 Å². The molecule has 4 nitrogen and oxygen atoms in total. The van der Waals surface area contributed by atoms with Gasteiger partial charge in [-0.25, -0.2) is 0 Å². The Morgan fingerprint density at radius 2 is 1.94 bits per heavy atom. The molecule has 0 aliphatic carbocycles. The molecule has 0 unspecified atom stereocenters. The van der Waals surface area contributed by atoms with Gasteiger partial charge in [0.25, 0.3) is 5.91 Å². The molecule has 0 aliphatic rings. The molecule has 0 N–H and O–H groups in total. The lowest BCUT2D eigenvalue weighted by Crippen LogP contribution is -2.25. The number of benzene rings is 1. The third kappa shape index (κ3) is 2.44. The van der Waals surface area contributed by atoms with Gasteiger partial charge >= 0.3 is 0 Å². The molecule has 0 saturated heterocycles. The van der Waals surface area contributed by atoms with Gasteiger partial charge in [0, 0.05) is 12.7 Å². The molecule has 1 aromatic heterocycles. The molecule has 1 amide bonds. The Balaban J connectivity index is 2.23. The van der Waals surface area contributed by atoms with E-state index in [9.17, 15) is 4.79 Å². The van der Waals surface area contributed by atoms with E-state index in [1.165, 1.54) is 4.90 Å². The van der Waals surface area contributed by atoms with Gasteiger partial charge in [-0.2, -0.15) is 5.26 Å². The van der Waals surface area contributed by atoms with Crippen LogP contribution in [0.2, 0.25) is 0 Å².